The zero-order valence-electron chi connectivity index (χ0n) is 17.4. The van der Waals surface area contributed by atoms with Crippen LogP contribution in [-0.4, -0.2) is 65.8 Å². The molecule has 3 unspecified atom stereocenters. The van der Waals surface area contributed by atoms with Gasteiger partial charge in [-0.15, -0.1) is 0 Å². The molecular formula is C18H30Cl2O7PSb. The molecule has 3 atom stereocenters. The second-order valence-corrected chi connectivity index (χ2v) is 12.9. The van der Waals surface area contributed by atoms with E-state index in [0.717, 1.165) is 0 Å². The molecule has 0 saturated carbocycles. The average molecular weight is 582 g/mol. The van der Waals surface area contributed by atoms with Gasteiger partial charge in [0.2, 0.25) is 0 Å². The van der Waals surface area contributed by atoms with E-state index in [0.29, 0.717) is 11.3 Å². The van der Waals surface area contributed by atoms with Gasteiger partial charge in [0.25, 0.3) is 0 Å². The molecule has 0 aliphatic heterocycles. The molecule has 29 heavy (non-hydrogen) atoms. The zero-order valence-corrected chi connectivity index (χ0v) is 22.3. The molecule has 0 N–H and O–H groups in total. The summed E-state index contributed by atoms with van der Waals surface area (Å²) in [5.41, 5.74) is 0.607. The molecule has 168 valence electrons. The van der Waals surface area contributed by atoms with Crippen molar-refractivity contribution in [2.75, 3.05) is 33.5 Å². The van der Waals surface area contributed by atoms with Gasteiger partial charge >= 0.3 is 193 Å². The van der Waals surface area contributed by atoms with Crippen LogP contribution in [-0.2, 0) is 22.7 Å². The van der Waals surface area contributed by atoms with Gasteiger partial charge in [-0.3, -0.25) is 0 Å². The molecule has 0 saturated heterocycles. The summed E-state index contributed by atoms with van der Waals surface area (Å²) in [4.78, 5) is 0. The molecular weight excluding hydrogens is 552 g/mol. The van der Waals surface area contributed by atoms with E-state index in [1.165, 1.54) is 0 Å². The van der Waals surface area contributed by atoms with Crippen molar-refractivity contribution < 1.29 is 27.4 Å². The first-order chi connectivity index (χ1) is 13.8. The maximum atomic E-state index is 13.5. The second-order valence-electron chi connectivity index (χ2n) is 5.98. The predicted octanol–water partition coefficient (Wildman–Crippen LogP) is 5.25. The third-order valence-corrected chi connectivity index (χ3v) is 9.42. The minimum absolute atomic E-state index is 0.198. The molecule has 0 heterocycles. The monoisotopic (exact) mass is 580 g/mol. The van der Waals surface area contributed by atoms with E-state index in [9.17, 15) is 4.57 Å². The van der Waals surface area contributed by atoms with Crippen LogP contribution in [0.5, 0.6) is 5.75 Å². The Morgan fingerprint density at radius 3 is 1.83 bits per heavy atom. The topological polar surface area (TPSA) is 72.5 Å². The van der Waals surface area contributed by atoms with E-state index in [1.54, 1.807) is 59.1 Å². The molecule has 0 spiro atoms. The number of hydrogen-bond acceptors (Lipinski definition) is 7. The Kier molecular flexibility index (Phi) is 13.7. The molecule has 0 aliphatic rings. The quantitative estimate of drug-likeness (QED) is 0.159. The molecule has 0 aliphatic carbocycles. The van der Waals surface area contributed by atoms with Gasteiger partial charge < -0.3 is 0 Å². The first kappa shape index (κ1) is 27.5. The van der Waals surface area contributed by atoms with Gasteiger partial charge in [0.05, 0.1) is 0 Å². The van der Waals surface area contributed by atoms with Crippen molar-refractivity contribution >= 4 is 52.3 Å². The van der Waals surface area contributed by atoms with Crippen LogP contribution < -0.4 is 4.74 Å². The number of alkyl halides is 2. The van der Waals surface area contributed by atoms with E-state index in [2.05, 4.69) is 0 Å². The first-order valence-electron chi connectivity index (χ1n) is 9.29. The van der Waals surface area contributed by atoms with E-state index in [1.807, 2.05) is 0 Å². The summed E-state index contributed by atoms with van der Waals surface area (Å²) in [5, 5.41) is -0.458. The molecule has 1 rings (SSSR count). The molecule has 0 aromatic heterocycles. The number of halogens is 2. The SMILES string of the molecule is CCOP(=O)(OCC)C([O][Sb]([O]CC(C)Cl)[O]CC(C)Cl)c1ccc(OC)cc1. The maximum absolute atomic E-state index is 13.5. The van der Waals surface area contributed by atoms with Crippen LogP contribution >= 0.6 is 30.8 Å². The zero-order chi connectivity index (χ0) is 21.9. The molecule has 1 aromatic carbocycles. The van der Waals surface area contributed by atoms with Crippen LogP contribution in [0.15, 0.2) is 24.3 Å². The van der Waals surface area contributed by atoms with Crippen molar-refractivity contribution in [1.29, 1.82) is 0 Å². The molecule has 1 aromatic rings. The molecule has 0 amide bonds. The third kappa shape index (κ3) is 10.1. The number of rotatable bonds is 15. The normalized spacial score (nSPS) is 15.3. The van der Waals surface area contributed by atoms with Crippen molar-refractivity contribution in [1.82, 2.24) is 0 Å². The van der Waals surface area contributed by atoms with E-state index in [4.69, 9.17) is 46.0 Å². The summed E-state index contributed by atoms with van der Waals surface area (Å²) in [6, 6.07) is 7.00. The Bertz CT molecular complexity index is 597. The van der Waals surface area contributed by atoms with Crippen LogP contribution in [0.2, 0.25) is 0 Å². The second kappa shape index (κ2) is 14.5. The molecule has 7 nitrogen and oxygen atoms in total. The Labute approximate surface area is 192 Å². The Morgan fingerprint density at radius 2 is 1.45 bits per heavy atom. The summed E-state index contributed by atoms with van der Waals surface area (Å²) in [6.07, 6.45) is 0. The number of methoxy groups -OCH3 is 1. The van der Waals surface area contributed by atoms with Crippen LogP contribution in [0.3, 0.4) is 0 Å². The van der Waals surface area contributed by atoms with Crippen molar-refractivity contribution in [2.24, 2.45) is 0 Å². The number of hydrogen-bond donors (Lipinski definition) is 0. The van der Waals surface area contributed by atoms with E-state index < -0.39 is 34.9 Å². The fraction of sp³-hybridized carbons (Fsp3) is 0.667. The molecule has 0 radical (unpaired) electrons. The predicted molar refractivity (Wildman–Crippen MR) is 116 cm³/mol. The van der Waals surface area contributed by atoms with Gasteiger partial charge in [0.1, 0.15) is 0 Å². The van der Waals surface area contributed by atoms with Gasteiger partial charge in [0.15, 0.2) is 0 Å². The molecule has 0 bridgehead atoms. The Hall–Kier alpha value is 0.448. The summed E-state index contributed by atoms with van der Waals surface area (Å²) in [7, 11) is -2.10. The summed E-state index contributed by atoms with van der Waals surface area (Å²) < 4.78 is 47.6. The van der Waals surface area contributed by atoms with Crippen LogP contribution in [0, 0.1) is 0 Å². The van der Waals surface area contributed by atoms with E-state index >= 15 is 0 Å². The van der Waals surface area contributed by atoms with Crippen molar-refractivity contribution in [3.8, 4) is 5.75 Å². The summed E-state index contributed by atoms with van der Waals surface area (Å²) in [5.74, 6) is -0.347. The molecule has 0 fully saturated rings. The number of benzene rings is 1. The fourth-order valence-corrected chi connectivity index (χ4v) is 9.33. The van der Waals surface area contributed by atoms with Crippen molar-refractivity contribution in [3.05, 3.63) is 29.8 Å². The van der Waals surface area contributed by atoms with Gasteiger partial charge in [-0.1, -0.05) is 0 Å². The fourth-order valence-electron chi connectivity index (χ4n) is 2.11. The van der Waals surface area contributed by atoms with Crippen LogP contribution in [0.25, 0.3) is 0 Å². The summed E-state index contributed by atoms with van der Waals surface area (Å²) >= 11 is 8.73. The van der Waals surface area contributed by atoms with Gasteiger partial charge in [-0.25, -0.2) is 0 Å². The third-order valence-electron chi connectivity index (χ3n) is 3.31. The van der Waals surface area contributed by atoms with Gasteiger partial charge in [-0.2, -0.15) is 0 Å². The van der Waals surface area contributed by atoms with E-state index in [-0.39, 0.29) is 37.2 Å². The van der Waals surface area contributed by atoms with Crippen molar-refractivity contribution in [2.45, 2.75) is 44.3 Å². The van der Waals surface area contributed by atoms with Crippen LogP contribution in [0.4, 0.5) is 0 Å². The van der Waals surface area contributed by atoms with Crippen molar-refractivity contribution in [3.63, 3.8) is 0 Å². The van der Waals surface area contributed by atoms with Crippen LogP contribution in [0.1, 0.15) is 39.1 Å². The first-order valence-corrected chi connectivity index (χ1v) is 14.9. The molecule has 11 heteroatoms. The van der Waals surface area contributed by atoms with Gasteiger partial charge in [0, 0.05) is 0 Å². The van der Waals surface area contributed by atoms with Gasteiger partial charge in [-0.05, 0) is 0 Å². The standard InChI is InChI=1S/C12H18O5P.2C3H6ClO.Sb/c1-4-16-18(14,17-5-2)12(13)10-6-8-11(15-3)9-7-10;2*1-3(4)2-5;/h6-9,12H,4-5H2,1-3H3;2*3H,2H2,1H3;/q3*-1;+3. The Morgan fingerprint density at radius 1 is 0.966 bits per heavy atom. The number of ether oxygens (including phenoxy) is 1. The summed E-state index contributed by atoms with van der Waals surface area (Å²) in [6.45, 7) is 7.97. The minimum atomic E-state index is -3.67. The Balaban J connectivity index is 3.21. The average Bonchev–Trinajstić information content (AvgIpc) is 2.67.